The number of carbonyl (C=O) groups excluding carboxylic acids is 1. The predicted molar refractivity (Wildman–Crippen MR) is 75.7 cm³/mol. The number of rotatable bonds is 6. The van der Waals surface area contributed by atoms with E-state index in [0.717, 1.165) is 19.1 Å². The van der Waals surface area contributed by atoms with Crippen molar-refractivity contribution < 1.29 is 13.2 Å². The highest BCUT2D eigenvalue weighted by Crippen LogP contribution is 2.20. The molecule has 106 valence electrons. The summed E-state index contributed by atoms with van der Waals surface area (Å²) >= 11 is 0. The predicted octanol–water partition coefficient (Wildman–Crippen LogP) is 1.55. The molecule has 0 saturated carbocycles. The molecule has 0 spiro atoms. The monoisotopic (exact) mass is 284 g/mol. The minimum Gasteiger partial charge on any atom is -0.327 e. The molecule has 1 amide bonds. The van der Waals surface area contributed by atoms with Crippen LogP contribution in [0.5, 0.6) is 0 Å². The molecule has 0 radical (unpaired) electrons. The number of benzene rings is 1. The van der Waals surface area contributed by atoms with Gasteiger partial charge in [0, 0.05) is 18.7 Å². The molecule has 0 fully saturated rings. The van der Waals surface area contributed by atoms with Gasteiger partial charge in [-0.05, 0) is 18.6 Å². The third-order valence-electron chi connectivity index (χ3n) is 2.67. The fourth-order valence-electron chi connectivity index (χ4n) is 1.81. The zero-order valence-electron chi connectivity index (χ0n) is 11.2. The fraction of sp³-hybridized carbons (Fsp3) is 0.462. The van der Waals surface area contributed by atoms with Crippen molar-refractivity contribution in [1.29, 1.82) is 0 Å². The van der Waals surface area contributed by atoms with Crippen LogP contribution in [0.25, 0.3) is 0 Å². The average Bonchev–Trinajstić information content (AvgIpc) is 2.28. The van der Waals surface area contributed by atoms with E-state index in [0.29, 0.717) is 5.69 Å². The van der Waals surface area contributed by atoms with Crippen LogP contribution in [0.1, 0.15) is 26.2 Å². The van der Waals surface area contributed by atoms with E-state index in [2.05, 4.69) is 5.32 Å². The van der Waals surface area contributed by atoms with Crippen LogP contribution in [0.3, 0.4) is 0 Å². The highest BCUT2D eigenvalue weighted by Gasteiger charge is 2.15. The first kappa shape index (κ1) is 15.7. The lowest BCUT2D eigenvalue weighted by Gasteiger charge is -2.12. The van der Waals surface area contributed by atoms with Crippen molar-refractivity contribution in [2.75, 3.05) is 11.6 Å². The lowest BCUT2D eigenvalue weighted by atomic mass is 10.1. The van der Waals surface area contributed by atoms with E-state index in [1.165, 1.54) is 6.07 Å². The Morgan fingerprint density at radius 1 is 1.37 bits per heavy atom. The average molecular weight is 284 g/mol. The van der Waals surface area contributed by atoms with Gasteiger partial charge < -0.3 is 11.1 Å². The van der Waals surface area contributed by atoms with E-state index in [4.69, 9.17) is 5.73 Å². The van der Waals surface area contributed by atoms with Crippen LogP contribution in [0.15, 0.2) is 29.2 Å². The summed E-state index contributed by atoms with van der Waals surface area (Å²) in [5, 5.41) is 2.61. The Kier molecular flexibility index (Phi) is 5.50. The number of nitrogens with two attached hydrogens (primary N) is 1. The molecule has 1 atom stereocenters. The van der Waals surface area contributed by atoms with E-state index in [1.54, 1.807) is 18.2 Å². The lowest BCUT2D eigenvalue weighted by molar-refractivity contribution is -0.116. The molecule has 1 rings (SSSR count). The number of carbonyl (C=O) groups is 1. The van der Waals surface area contributed by atoms with Gasteiger partial charge in [0.2, 0.25) is 5.91 Å². The van der Waals surface area contributed by atoms with Gasteiger partial charge in [-0.1, -0.05) is 25.5 Å². The first-order chi connectivity index (χ1) is 8.84. The Morgan fingerprint density at radius 2 is 2.00 bits per heavy atom. The molecule has 1 unspecified atom stereocenters. The zero-order valence-corrected chi connectivity index (χ0v) is 12.0. The molecule has 6 heteroatoms. The Balaban J connectivity index is 2.81. The highest BCUT2D eigenvalue weighted by molar-refractivity contribution is 7.90. The molecule has 0 aliphatic rings. The Labute approximate surface area is 114 Å². The van der Waals surface area contributed by atoms with Gasteiger partial charge >= 0.3 is 0 Å². The van der Waals surface area contributed by atoms with Crippen molar-refractivity contribution in [2.45, 2.75) is 37.1 Å². The Hall–Kier alpha value is -1.40. The normalized spacial score (nSPS) is 13.0. The summed E-state index contributed by atoms with van der Waals surface area (Å²) in [5.41, 5.74) is 6.09. The molecule has 1 aromatic carbocycles. The largest absolute Gasteiger partial charge is 0.327 e. The minimum absolute atomic E-state index is 0.118. The van der Waals surface area contributed by atoms with Gasteiger partial charge in [-0.15, -0.1) is 0 Å². The second-order valence-electron chi connectivity index (χ2n) is 4.57. The standard InChI is InChI=1S/C13H20N2O3S/c1-3-6-10(14)9-13(16)15-11-7-4-5-8-12(11)19(2,17)18/h4-5,7-8,10H,3,6,9,14H2,1-2H3,(H,15,16). The van der Waals surface area contributed by atoms with E-state index < -0.39 is 9.84 Å². The van der Waals surface area contributed by atoms with Gasteiger partial charge in [0.1, 0.15) is 0 Å². The van der Waals surface area contributed by atoms with E-state index in [-0.39, 0.29) is 23.3 Å². The molecule has 0 aliphatic heterocycles. The summed E-state index contributed by atoms with van der Waals surface area (Å²) in [6.07, 6.45) is 2.97. The second kappa shape index (κ2) is 6.68. The molecule has 0 aliphatic carbocycles. The summed E-state index contributed by atoms with van der Waals surface area (Å²) in [7, 11) is -3.36. The number of hydrogen-bond acceptors (Lipinski definition) is 4. The minimum atomic E-state index is -3.36. The van der Waals surface area contributed by atoms with Crippen molar-refractivity contribution in [2.24, 2.45) is 5.73 Å². The Morgan fingerprint density at radius 3 is 2.58 bits per heavy atom. The van der Waals surface area contributed by atoms with Crippen molar-refractivity contribution in [1.82, 2.24) is 0 Å². The van der Waals surface area contributed by atoms with Gasteiger partial charge in [0.25, 0.3) is 0 Å². The molecule has 0 saturated heterocycles. The van der Waals surface area contributed by atoms with Gasteiger partial charge in [0.15, 0.2) is 9.84 Å². The summed E-state index contributed by atoms with van der Waals surface area (Å²) in [4.78, 5) is 11.9. The number of amides is 1. The van der Waals surface area contributed by atoms with Crippen LogP contribution in [0, 0.1) is 0 Å². The van der Waals surface area contributed by atoms with Crippen LogP contribution in [0.4, 0.5) is 5.69 Å². The van der Waals surface area contributed by atoms with Crippen LogP contribution in [-0.4, -0.2) is 26.6 Å². The van der Waals surface area contributed by atoms with Crippen molar-refractivity contribution in [3.8, 4) is 0 Å². The first-order valence-corrected chi connectivity index (χ1v) is 8.08. The van der Waals surface area contributed by atoms with Gasteiger partial charge in [0.05, 0.1) is 10.6 Å². The Bertz CT molecular complexity index is 541. The van der Waals surface area contributed by atoms with Crippen LogP contribution in [0.2, 0.25) is 0 Å². The lowest BCUT2D eigenvalue weighted by Crippen LogP contribution is -2.27. The fourth-order valence-corrected chi connectivity index (χ4v) is 2.65. The first-order valence-electron chi connectivity index (χ1n) is 6.19. The third-order valence-corrected chi connectivity index (χ3v) is 3.82. The number of sulfone groups is 1. The van der Waals surface area contributed by atoms with Crippen molar-refractivity contribution in [3.63, 3.8) is 0 Å². The highest BCUT2D eigenvalue weighted by atomic mass is 32.2. The third kappa shape index (κ3) is 5.00. The van der Waals surface area contributed by atoms with Crippen LogP contribution >= 0.6 is 0 Å². The zero-order chi connectivity index (χ0) is 14.5. The smallest absolute Gasteiger partial charge is 0.225 e. The SMILES string of the molecule is CCCC(N)CC(=O)Nc1ccccc1S(C)(=O)=O. The molecule has 19 heavy (non-hydrogen) atoms. The maximum absolute atomic E-state index is 11.8. The van der Waals surface area contributed by atoms with Gasteiger partial charge in [-0.3, -0.25) is 4.79 Å². The van der Waals surface area contributed by atoms with Crippen LogP contribution < -0.4 is 11.1 Å². The molecule has 0 bridgehead atoms. The number of para-hydroxylation sites is 1. The number of hydrogen-bond donors (Lipinski definition) is 2. The van der Waals surface area contributed by atoms with E-state index in [9.17, 15) is 13.2 Å². The van der Waals surface area contributed by atoms with Crippen molar-refractivity contribution >= 4 is 21.4 Å². The summed E-state index contributed by atoms with van der Waals surface area (Å²) < 4.78 is 23.2. The summed E-state index contributed by atoms with van der Waals surface area (Å²) in [6.45, 7) is 2.00. The maximum atomic E-state index is 11.8. The van der Waals surface area contributed by atoms with Gasteiger partial charge in [-0.2, -0.15) is 0 Å². The molecule has 0 aromatic heterocycles. The summed E-state index contributed by atoms with van der Waals surface area (Å²) in [5.74, 6) is -0.267. The second-order valence-corrected chi connectivity index (χ2v) is 6.55. The topological polar surface area (TPSA) is 89.3 Å². The maximum Gasteiger partial charge on any atom is 0.225 e. The van der Waals surface area contributed by atoms with Crippen LogP contribution in [-0.2, 0) is 14.6 Å². The molecule has 3 N–H and O–H groups in total. The van der Waals surface area contributed by atoms with Gasteiger partial charge in [-0.25, -0.2) is 8.42 Å². The molecule has 5 nitrogen and oxygen atoms in total. The molecular weight excluding hydrogens is 264 g/mol. The quantitative estimate of drug-likeness (QED) is 0.829. The number of nitrogens with one attached hydrogen (secondary N) is 1. The van der Waals surface area contributed by atoms with E-state index in [1.807, 2.05) is 6.92 Å². The molecule has 1 aromatic rings. The molecular formula is C13H20N2O3S. The molecule has 0 heterocycles. The van der Waals surface area contributed by atoms with E-state index >= 15 is 0 Å². The summed E-state index contributed by atoms with van der Waals surface area (Å²) in [6, 6.07) is 6.14. The number of anilines is 1. The van der Waals surface area contributed by atoms with Crippen molar-refractivity contribution in [3.05, 3.63) is 24.3 Å².